The van der Waals surface area contributed by atoms with Crippen molar-refractivity contribution in [3.63, 3.8) is 0 Å². The maximum atomic E-state index is 13.5. The van der Waals surface area contributed by atoms with E-state index in [1.807, 2.05) is 6.92 Å². The van der Waals surface area contributed by atoms with Crippen LogP contribution in [-0.4, -0.2) is 0 Å². The van der Waals surface area contributed by atoms with E-state index in [0.717, 1.165) is 6.07 Å². The van der Waals surface area contributed by atoms with Gasteiger partial charge in [-0.3, -0.25) is 0 Å². The molecule has 0 aromatic heterocycles. The largest absolute Gasteiger partial charge is 0.324 e. The van der Waals surface area contributed by atoms with E-state index >= 15 is 0 Å². The van der Waals surface area contributed by atoms with Crippen LogP contribution in [0.4, 0.5) is 13.2 Å². The molecule has 0 aliphatic carbocycles. The van der Waals surface area contributed by atoms with E-state index in [1.54, 1.807) is 0 Å². The normalized spacial score (nSPS) is 15.6. The molecule has 0 saturated carbocycles. The van der Waals surface area contributed by atoms with Crippen LogP contribution < -0.4 is 5.73 Å². The van der Waals surface area contributed by atoms with Crippen LogP contribution >= 0.6 is 0 Å². The van der Waals surface area contributed by atoms with Crippen LogP contribution in [0, 0.1) is 28.8 Å². The predicted molar refractivity (Wildman–Crippen MR) is 66.5 cm³/mol. The quantitative estimate of drug-likeness (QED) is 0.810. The zero-order chi connectivity index (χ0) is 14.1. The average molecular weight is 259 g/mol. The first-order valence-corrected chi connectivity index (χ1v) is 6.03. The molecule has 1 nitrogen and oxygen atoms in total. The highest BCUT2D eigenvalue weighted by Crippen LogP contribution is 2.33. The molecule has 0 saturated heterocycles. The lowest BCUT2D eigenvalue weighted by molar-refractivity contribution is 0.232. The number of rotatable bonds is 3. The Morgan fingerprint density at radius 2 is 1.56 bits per heavy atom. The summed E-state index contributed by atoms with van der Waals surface area (Å²) in [5.74, 6) is -2.81. The zero-order valence-electron chi connectivity index (χ0n) is 11.2. The highest BCUT2D eigenvalue weighted by Gasteiger charge is 2.24. The van der Waals surface area contributed by atoms with Crippen LogP contribution in [0.3, 0.4) is 0 Å². The summed E-state index contributed by atoms with van der Waals surface area (Å²) in [6.07, 6.45) is 0.519. The first kappa shape index (κ1) is 15.0. The molecule has 0 aliphatic rings. The van der Waals surface area contributed by atoms with Crippen molar-refractivity contribution < 1.29 is 13.2 Å². The highest BCUT2D eigenvalue weighted by atomic mass is 19.2. The van der Waals surface area contributed by atoms with E-state index in [2.05, 4.69) is 20.8 Å². The van der Waals surface area contributed by atoms with Crippen molar-refractivity contribution in [1.29, 1.82) is 0 Å². The van der Waals surface area contributed by atoms with Gasteiger partial charge in [-0.2, -0.15) is 0 Å². The molecule has 1 aromatic rings. The van der Waals surface area contributed by atoms with Crippen molar-refractivity contribution in [3.8, 4) is 0 Å². The lowest BCUT2D eigenvalue weighted by Crippen LogP contribution is -2.24. The van der Waals surface area contributed by atoms with Gasteiger partial charge in [-0.25, -0.2) is 13.2 Å². The molecule has 0 bridgehead atoms. The number of halogens is 3. The van der Waals surface area contributed by atoms with Crippen molar-refractivity contribution in [3.05, 3.63) is 35.1 Å². The summed E-state index contributed by atoms with van der Waals surface area (Å²) < 4.78 is 39.5. The van der Waals surface area contributed by atoms with Crippen LogP contribution in [-0.2, 0) is 0 Å². The lowest BCUT2D eigenvalue weighted by Gasteiger charge is -2.29. The van der Waals surface area contributed by atoms with Gasteiger partial charge in [0.15, 0.2) is 11.6 Å². The van der Waals surface area contributed by atoms with Crippen LogP contribution in [0.2, 0.25) is 0 Å². The second-order valence-electron chi connectivity index (χ2n) is 5.90. The summed E-state index contributed by atoms with van der Waals surface area (Å²) in [4.78, 5) is 0. The minimum Gasteiger partial charge on any atom is -0.324 e. The minimum atomic E-state index is -1.19. The third-order valence-electron chi connectivity index (χ3n) is 3.52. The fraction of sp³-hybridized carbons (Fsp3) is 0.571. The van der Waals surface area contributed by atoms with E-state index < -0.39 is 23.5 Å². The highest BCUT2D eigenvalue weighted by molar-refractivity contribution is 5.23. The van der Waals surface area contributed by atoms with Gasteiger partial charge in [-0.1, -0.05) is 27.7 Å². The Bertz CT molecular complexity index is 424. The van der Waals surface area contributed by atoms with Crippen LogP contribution in [0.1, 0.15) is 45.7 Å². The van der Waals surface area contributed by atoms with Gasteiger partial charge in [0.05, 0.1) is 0 Å². The molecule has 0 amide bonds. The monoisotopic (exact) mass is 259 g/mol. The summed E-state index contributed by atoms with van der Waals surface area (Å²) in [7, 11) is 0. The maximum absolute atomic E-state index is 13.5. The summed E-state index contributed by atoms with van der Waals surface area (Å²) in [6, 6.07) is 0.770. The zero-order valence-corrected chi connectivity index (χ0v) is 11.2. The summed E-state index contributed by atoms with van der Waals surface area (Å²) in [5, 5.41) is 0. The van der Waals surface area contributed by atoms with E-state index in [4.69, 9.17) is 5.73 Å². The Balaban J connectivity index is 2.91. The van der Waals surface area contributed by atoms with Crippen molar-refractivity contribution in [1.82, 2.24) is 0 Å². The van der Waals surface area contributed by atoms with Crippen LogP contribution in [0.25, 0.3) is 0 Å². The molecule has 1 rings (SSSR count). The Morgan fingerprint density at radius 3 is 2.06 bits per heavy atom. The molecule has 2 N–H and O–H groups in total. The Labute approximate surface area is 106 Å². The fourth-order valence-electron chi connectivity index (χ4n) is 1.68. The van der Waals surface area contributed by atoms with Crippen LogP contribution in [0.15, 0.2) is 12.1 Å². The molecular formula is C14H20F3N. The topological polar surface area (TPSA) is 26.0 Å². The van der Waals surface area contributed by atoms with Gasteiger partial charge >= 0.3 is 0 Å². The maximum Gasteiger partial charge on any atom is 0.161 e. The molecule has 2 unspecified atom stereocenters. The van der Waals surface area contributed by atoms with Gasteiger partial charge in [0.2, 0.25) is 0 Å². The van der Waals surface area contributed by atoms with Crippen LogP contribution in [0.5, 0.6) is 0 Å². The van der Waals surface area contributed by atoms with Crippen molar-refractivity contribution >= 4 is 0 Å². The smallest absolute Gasteiger partial charge is 0.161 e. The third-order valence-corrected chi connectivity index (χ3v) is 3.52. The first-order valence-electron chi connectivity index (χ1n) is 6.03. The summed E-state index contributed by atoms with van der Waals surface area (Å²) in [6.45, 7) is 8.20. The summed E-state index contributed by atoms with van der Waals surface area (Å²) >= 11 is 0. The molecule has 0 heterocycles. The number of nitrogens with two attached hydrogens (primary N) is 1. The lowest BCUT2D eigenvalue weighted by atomic mass is 9.78. The van der Waals surface area contributed by atoms with Gasteiger partial charge in [-0.05, 0) is 23.8 Å². The molecule has 0 fully saturated rings. The second-order valence-corrected chi connectivity index (χ2v) is 5.90. The molecular weight excluding hydrogens is 239 g/mol. The first-order chi connectivity index (χ1) is 8.12. The van der Waals surface area contributed by atoms with Crippen molar-refractivity contribution in [2.24, 2.45) is 17.1 Å². The van der Waals surface area contributed by atoms with Gasteiger partial charge in [-0.15, -0.1) is 0 Å². The van der Waals surface area contributed by atoms with E-state index in [0.29, 0.717) is 12.5 Å². The Kier molecular flexibility index (Phi) is 4.43. The molecule has 0 aliphatic heterocycles. The number of benzene rings is 1. The number of hydrogen-bond donors (Lipinski definition) is 1. The van der Waals surface area contributed by atoms with E-state index in [-0.39, 0.29) is 16.9 Å². The Hall–Kier alpha value is -1.03. The molecule has 2 atom stereocenters. The SMILES string of the molecule is CC(CC(N)c1cc(F)c(F)cc1F)C(C)(C)C. The van der Waals surface area contributed by atoms with Gasteiger partial charge in [0, 0.05) is 17.7 Å². The van der Waals surface area contributed by atoms with E-state index in [9.17, 15) is 13.2 Å². The predicted octanol–water partition coefficient (Wildman–Crippen LogP) is 4.18. The standard InChI is InChI=1S/C14H20F3N/c1-8(14(2,3)4)5-13(18)9-6-11(16)12(17)7-10(9)15/h6-8,13H,5,18H2,1-4H3. The molecule has 102 valence electrons. The molecule has 4 heteroatoms. The van der Waals surface area contributed by atoms with Gasteiger partial charge in [0.25, 0.3) is 0 Å². The number of hydrogen-bond acceptors (Lipinski definition) is 1. The molecule has 0 spiro atoms. The second kappa shape index (κ2) is 5.31. The average Bonchev–Trinajstić information content (AvgIpc) is 2.21. The molecule has 18 heavy (non-hydrogen) atoms. The Morgan fingerprint density at radius 1 is 1.06 bits per heavy atom. The van der Waals surface area contributed by atoms with Gasteiger partial charge < -0.3 is 5.73 Å². The summed E-state index contributed by atoms with van der Waals surface area (Å²) in [5.41, 5.74) is 5.95. The van der Waals surface area contributed by atoms with Crippen molar-refractivity contribution in [2.45, 2.75) is 40.2 Å². The van der Waals surface area contributed by atoms with Crippen molar-refractivity contribution in [2.75, 3.05) is 0 Å². The third kappa shape index (κ3) is 3.48. The minimum absolute atomic E-state index is 0.0324. The molecule has 0 radical (unpaired) electrons. The van der Waals surface area contributed by atoms with E-state index in [1.165, 1.54) is 0 Å². The molecule has 1 aromatic carbocycles. The van der Waals surface area contributed by atoms with Gasteiger partial charge in [0.1, 0.15) is 5.82 Å². The fourth-order valence-corrected chi connectivity index (χ4v) is 1.68.